The summed E-state index contributed by atoms with van der Waals surface area (Å²) in [5, 5.41) is 6.26. The van der Waals surface area contributed by atoms with Crippen LogP contribution in [0.2, 0.25) is 0 Å². The van der Waals surface area contributed by atoms with Gasteiger partial charge in [0.1, 0.15) is 0 Å². The number of amides is 1. The Balaban J connectivity index is 1.66. The zero-order valence-electron chi connectivity index (χ0n) is 12.3. The fourth-order valence-electron chi connectivity index (χ4n) is 2.69. The molecule has 0 saturated heterocycles. The Morgan fingerprint density at radius 2 is 1.78 bits per heavy atom. The van der Waals surface area contributed by atoms with Crippen molar-refractivity contribution in [2.75, 3.05) is 10.6 Å². The Kier molecular flexibility index (Phi) is 3.20. The molecule has 3 N–H and O–H groups in total. The summed E-state index contributed by atoms with van der Waals surface area (Å²) < 4.78 is 0. The van der Waals surface area contributed by atoms with Gasteiger partial charge in [-0.05, 0) is 42.5 Å². The maximum Gasteiger partial charge on any atom is 0.256 e. The van der Waals surface area contributed by atoms with E-state index >= 15 is 0 Å². The molecule has 0 atom stereocenters. The number of benzene rings is 2. The first kappa shape index (κ1) is 13.4. The molecule has 0 radical (unpaired) electrons. The van der Waals surface area contributed by atoms with Gasteiger partial charge >= 0.3 is 0 Å². The number of aromatic amines is 1. The Bertz CT molecular complexity index is 880. The standard InChI is InChI=1S/C19H15N3O/c23-19-17(11-14-7-4-10-20-14)16-9-8-15(12-18(16)22-19)21-13-5-2-1-3-6-13/h1-12,20-21H,(H,22,23). The number of H-pyrrole nitrogens is 1. The minimum absolute atomic E-state index is 0.0774. The van der Waals surface area contributed by atoms with E-state index in [-0.39, 0.29) is 5.91 Å². The van der Waals surface area contributed by atoms with E-state index in [1.807, 2.05) is 72.9 Å². The largest absolute Gasteiger partial charge is 0.362 e. The minimum Gasteiger partial charge on any atom is -0.362 e. The van der Waals surface area contributed by atoms with Gasteiger partial charge in [-0.3, -0.25) is 4.79 Å². The van der Waals surface area contributed by atoms with Crippen LogP contribution in [0, 0.1) is 0 Å². The average Bonchev–Trinajstić information content (AvgIpc) is 3.17. The first-order valence-corrected chi connectivity index (χ1v) is 7.42. The third kappa shape index (κ3) is 2.62. The fraction of sp³-hybridized carbons (Fsp3) is 0. The summed E-state index contributed by atoms with van der Waals surface area (Å²) in [7, 11) is 0. The van der Waals surface area contributed by atoms with Gasteiger partial charge in [-0.15, -0.1) is 0 Å². The zero-order valence-corrected chi connectivity index (χ0v) is 12.3. The number of hydrogen-bond acceptors (Lipinski definition) is 2. The fourth-order valence-corrected chi connectivity index (χ4v) is 2.69. The first-order valence-electron chi connectivity index (χ1n) is 7.42. The highest BCUT2D eigenvalue weighted by Crippen LogP contribution is 2.35. The van der Waals surface area contributed by atoms with Gasteiger partial charge in [0.2, 0.25) is 0 Å². The van der Waals surface area contributed by atoms with Gasteiger partial charge in [0.15, 0.2) is 0 Å². The van der Waals surface area contributed by atoms with Gasteiger partial charge in [0.05, 0.1) is 11.3 Å². The summed E-state index contributed by atoms with van der Waals surface area (Å²) in [6.45, 7) is 0. The monoisotopic (exact) mass is 301 g/mol. The van der Waals surface area contributed by atoms with E-state index in [0.29, 0.717) is 5.57 Å². The molecule has 1 amide bonds. The molecule has 2 heterocycles. The molecule has 4 heteroatoms. The highest BCUT2D eigenvalue weighted by atomic mass is 16.2. The molecule has 0 unspecified atom stereocenters. The lowest BCUT2D eigenvalue weighted by Crippen LogP contribution is -2.03. The number of carbonyl (C=O) groups is 1. The van der Waals surface area contributed by atoms with Crippen LogP contribution in [0.1, 0.15) is 11.3 Å². The molecule has 23 heavy (non-hydrogen) atoms. The smallest absolute Gasteiger partial charge is 0.256 e. The molecule has 1 aliphatic heterocycles. The predicted molar refractivity (Wildman–Crippen MR) is 93.5 cm³/mol. The van der Waals surface area contributed by atoms with E-state index in [0.717, 1.165) is 28.3 Å². The molecular formula is C19H15N3O. The van der Waals surface area contributed by atoms with Crippen LogP contribution in [-0.4, -0.2) is 10.9 Å². The first-order chi connectivity index (χ1) is 11.3. The van der Waals surface area contributed by atoms with Crippen LogP contribution in [0.3, 0.4) is 0 Å². The van der Waals surface area contributed by atoms with Gasteiger partial charge in [-0.25, -0.2) is 0 Å². The minimum atomic E-state index is -0.0774. The third-order valence-corrected chi connectivity index (χ3v) is 3.79. The SMILES string of the molecule is O=C1Nc2cc(Nc3ccccc3)ccc2C1=Cc1ccc[nH]1. The van der Waals surface area contributed by atoms with Crippen molar-refractivity contribution in [2.24, 2.45) is 0 Å². The topological polar surface area (TPSA) is 56.9 Å². The molecule has 1 aromatic heterocycles. The summed E-state index contributed by atoms with van der Waals surface area (Å²) >= 11 is 0. The van der Waals surface area contributed by atoms with Crippen molar-refractivity contribution in [3.8, 4) is 0 Å². The van der Waals surface area contributed by atoms with Crippen molar-refractivity contribution >= 4 is 34.6 Å². The number of anilines is 3. The van der Waals surface area contributed by atoms with Crippen molar-refractivity contribution < 1.29 is 4.79 Å². The number of aromatic nitrogens is 1. The lowest BCUT2D eigenvalue weighted by Gasteiger charge is -2.08. The van der Waals surface area contributed by atoms with Crippen LogP contribution in [0.25, 0.3) is 11.6 Å². The van der Waals surface area contributed by atoms with Gasteiger partial charge in [-0.2, -0.15) is 0 Å². The normalized spacial score (nSPS) is 14.6. The predicted octanol–water partition coefficient (Wildman–Crippen LogP) is 4.25. The van der Waals surface area contributed by atoms with Gasteiger partial charge in [-0.1, -0.05) is 24.3 Å². The second-order valence-corrected chi connectivity index (χ2v) is 5.39. The molecule has 0 spiro atoms. The van der Waals surface area contributed by atoms with Crippen LogP contribution in [0.5, 0.6) is 0 Å². The Morgan fingerprint density at radius 1 is 0.913 bits per heavy atom. The average molecular weight is 301 g/mol. The van der Waals surface area contributed by atoms with Gasteiger partial charge in [0.25, 0.3) is 5.91 Å². The molecule has 0 saturated carbocycles. The Labute approximate surface area is 133 Å². The van der Waals surface area contributed by atoms with Crippen LogP contribution in [-0.2, 0) is 4.79 Å². The summed E-state index contributed by atoms with van der Waals surface area (Å²) in [6.07, 6.45) is 3.71. The molecular weight excluding hydrogens is 286 g/mol. The van der Waals surface area contributed by atoms with E-state index in [2.05, 4.69) is 15.6 Å². The summed E-state index contributed by atoms with van der Waals surface area (Å²) in [4.78, 5) is 15.3. The summed E-state index contributed by atoms with van der Waals surface area (Å²) in [6, 6.07) is 19.7. The van der Waals surface area contributed by atoms with E-state index in [1.165, 1.54) is 0 Å². The third-order valence-electron chi connectivity index (χ3n) is 3.79. The van der Waals surface area contributed by atoms with Gasteiger partial charge < -0.3 is 15.6 Å². The van der Waals surface area contributed by atoms with E-state index < -0.39 is 0 Å². The molecule has 112 valence electrons. The summed E-state index contributed by atoms with van der Waals surface area (Å²) in [5.41, 5.74) is 5.29. The zero-order chi connectivity index (χ0) is 15.6. The van der Waals surface area contributed by atoms with Crippen LogP contribution in [0.4, 0.5) is 17.1 Å². The number of carbonyl (C=O) groups excluding carboxylic acids is 1. The van der Waals surface area contributed by atoms with Crippen LogP contribution < -0.4 is 10.6 Å². The molecule has 0 aliphatic carbocycles. The molecule has 0 fully saturated rings. The maximum absolute atomic E-state index is 12.2. The van der Waals surface area contributed by atoms with Crippen LogP contribution >= 0.6 is 0 Å². The number of nitrogens with one attached hydrogen (secondary N) is 3. The molecule has 0 bridgehead atoms. The molecule has 4 nitrogen and oxygen atoms in total. The molecule has 4 rings (SSSR count). The second kappa shape index (κ2) is 5.50. The highest BCUT2D eigenvalue weighted by molar-refractivity contribution is 6.35. The van der Waals surface area contributed by atoms with E-state index in [4.69, 9.17) is 0 Å². The number of hydrogen-bond donors (Lipinski definition) is 3. The highest BCUT2D eigenvalue weighted by Gasteiger charge is 2.24. The number of para-hydroxylation sites is 1. The lowest BCUT2D eigenvalue weighted by atomic mass is 10.1. The molecule has 2 aromatic carbocycles. The van der Waals surface area contributed by atoms with Crippen molar-refractivity contribution in [3.05, 3.63) is 78.1 Å². The van der Waals surface area contributed by atoms with Crippen molar-refractivity contribution in [1.82, 2.24) is 4.98 Å². The van der Waals surface area contributed by atoms with E-state index in [1.54, 1.807) is 0 Å². The van der Waals surface area contributed by atoms with Crippen LogP contribution in [0.15, 0.2) is 66.9 Å². The molecule has 3 aromatic rings. The maximum atomic E-state index is 12.2. The Morgan fingerprint density at radius 3 is 2.57 bits per heavy atom. The van der Waals surface area contributed by atoms with Crippen molar-refractivity contribution in [2.45, 2.75) is 0 Å². The van der Waals surface area contributed by atoms with Crippen molar-refractivity contribution in [1.29, 1.82) is 0 Å². The molecule has 1 aliphatic rings. The Hall–Kier alpha value is -3.27. The number of fused-ring (bicyclic) bond motifs is 1. The summed E-state index contributed by atoms with van der Waals surface area (Å²) in [5.74, 6) is -0.0774. The van der Waals surface area contributed by atoms with Gasteiger partial charge in [0, 0.05) is 28.8 Å². The van der Waals surface area contributed by atoms with Crippen molar-refractivity contribution in [3.63, 3.8) is 0 Å². The second-order valence-electron chi connectivity index (χ2n) is 5.39. The number of rotatable bonds is 3. The quantitative estimate of drug-likeness (QED) is 0.633. The lowest BCUT2D eigenvalue weighted by molar-refractivity contribution is -0.110. The van der Waals surface area contributed by atoms with E-state index in [9.17, 15) is 4.79 Å².